The van der Waals surface area contributed by atoms with Crippen molar-refractivity contribution in [2.75, 3.05) is 25.2 Å². The minimum absolute atomic E-state index is 0.0480. The van der Waals surface area contributed by atoms with Gasteiger partial charge in [-0.1, -0.05) is 47.3 Å². The number of fused-ring (bicyclic) bond motifs is 1. The van der Waals surface area contributed by atoms with E-state index in [0.717, 1.165) is 0 Å². The topological polar surface area (TPSA) is 197 Å². The van der Waals surface area contributed by atoms with Crippen LogP contribution in [0.3, 0.4) is 0 Å². The summed E-state index contributed by atoms with van der Waals surface area (Å²) in [6.45, 7) is 0.237. The quantitative estimate of drug-likeness (QED) is 0.133. The Morgan fingerprint density at radius 3 is 2.89 bits per heavy atom. The summed E-state index contributed by atoms with van der Waals surface area (Å²) >= 11 is 2.62. The average molecular weight is 547 g/mol. The first-order chi connectivity index (χ1) is 17.9. The van der Waals surface area contributed by atoms with E-state index in [1.54, 1.807) is 12.1 Å². The normalized spacial score (nSPS) is 22.1. The zero-order valence-corrected chi connectivity index (χ0v) is 21.0. The minimum atomic E-state index is -1.45. The third-order valence-corrected chi connectivity index (χ3v) is 8.35. The molecule has 5 rings (SSSR count). The van der Waals surface area contributed by atoms with E-state index in [4.69, 9.17) is 4.74 Å². The lowest BCUT2D eigenvalue weighted by Crippen LogP contribution is -2.80. The van der Waals surface area contributed by atoms with Crippen molar-refractivity contribution in [3.63, 3.8) is 0 Å². The number of nitrogens with one attached hydrogen (secondary N) is 2. The maximum Gasteiger partial charge on any atom is 0.352 e. The number of aliphatic hydroxyl groups is 1. The number of aromatic amines is 1. The van der Waals surface area contributed by atoms with E-state index in [1.807, 2.05) is 18.2 Å². The van der Waals surface area contributed by atoms with Gasteiger partial charge in [-0.2, -0.15) is 5.21 Å². The van der Waals surface area contributed by atoms with Crippen molar-refractivity contribution in [3.05, 3.63) is 53.0 Å². The van der Waals surface area contributed by atoms with Crippen LogP contribution in [0.25, 0.3) is 0 Å². The molecular formula is C20H22N10O5S2. The van der Waals surface area contributed by atoms with Crippen molar-refractivity contribution < 1.29 is 24.5 Å². The van der Waals surface area contributed by atoms with Gasteiger partial charge in [0.15, 0.2) is 5.82 Å². The Morgan fingerprint density at radius 1 is 1.38 bits per heavy atom. The number of hydrogen-bond acceptors (Lipinski definition) is 13. The summed E-state index contributed by atoms with van der Waals surface area (Å²) in [5.41, 5.74) is -0.297. The van der Waals surface area contributed by atoms with Gasteiger partial charge in [0.05, 0.1) is 6.10 Å². The molecule has 15 nitrogen and oxygen atoms in total. The zero-order chi connectivity index (χ0) is 26.0. The molecule has 2 aliphatic heterocycles. The van der Waals surface area contributed by atoms with Gasteiger partial charge in [0.25, 0.3) is 5.91 Å². The fourth-order valence-electron chi connectivity index (χ4n) is 4.10. The second-order valence-corrected chi connectivity index (χ2v) is 10.1. The van der Waals surface area contributed by atoms with E-state index in [-0.39, 0.29) is 24.5 Å². The van der Waals surface area contributed by atoms with Crippen LogP contribution in [0, 0.1) is 0 Å². The van der Waals surface area contributed by atoms with Crippen LogP contribution in [0.4, 0.5) is 0 Å². The number of β-lactam (4-membered cyclic amide) rings is 1. The number of carbonyl (C=O) groups excluding carboxylic acids is 1. The summed E-state index contributed by atoms with van der Waals surface area (Å²) in [5, 5.41) is 48.6. The van der Waals surface area contributed by atoms with Crippen LogP contribution in [0.1, 0.15) is 17.5 Å². The van der Waals surface area contributed by atoms with E-state index in [1.165, 1.54) is 40.2 Å². The van der Waals surface area contributed by atoms with E-state index < -0.39 is 29.1 Å². The Morgan fingerprint density at radius 2 is 2.19 bits per heavy atom. The lowest BCUT2D eigenvalue weighted by molar-refractivity contribution is -0.191. The Balaban J connectivity index is 1.30. The number of tetrazole rings is 2. The number of nitrogens with zero attached hydrogens (tertiary/aromatic N) is 8. The molecule has 0 radical (unpaired) electrons. The summed E-state index contributed by atoms with van der Waals surface area (Å²) in [5.74, 6) is -0.756. The van der Waals surface area contributed by atoms with Gasteiger partial charge in [-0.15, -0.1) is 27.1 Å². The second-order valence-electron chi connectivity index (χ2n) is 8.08. The second kappa shape index (κ2) is 10.5. The molecule has 1 fully saturated rings. The number of aliphatic hydroxyl groups excluding tert-OH is 1. The highest BCUT2D eigenvalue weighted by atomic mass is 32.2. The number of aliphatic carboxylic acids is 1. The standard InChI is InChI=1S/C20H22N10O5S2/c1-35-20(21-7-13(31)11-5-3-2-4-6-11)17(34)30-15(16(32)33)12(9-36-18(20)30)10-37-19-24-27-28-29(19)8-14-22-25-26-23-14/h2-6,13,18,21,31H,7-10H2,1H3,(H,32,33)(H,22,23,25,26)/t13?,18-,20-/m0/s1. The number of aromatic nitrogens is 8. The largest absolute Gasteiger partial charge is 0.477 e. The Kier molecular flexibility index (Phi) is 7.20. The molecule has 1 unspecified atom stereocenters. The first kappa shape index (κ1) is 25.3. The number of rotatable bonds is 11. The lowest BCUT2D eigenvalue weighted by Gasteiger charge is -2.56. The summed E-state index contributed by atoms with van der Waals surface area (Å²) in [7, 11) is 1.39. The van der Waals surface area contributed by atoms with Gasteiger partial charge in [-0.05, 0) is 21.6 Å². The molecule has 194 valence electrons. The molecule has 0 bridgehead atoms. The van der Waals surface area contributed by atoms with Gasteiger partial charge in [-0.25, -0.2) is 9.48 Å². The summed E-state index contributed by atoms with van der Waals surface area (Å²) < 4.78 is 7.06. The molecule has 17 heteroatoms. The monoisotopic (exact) mass is 546 g/mol. The highest BCUT2D eigenvalue weighted by molar-refractivity contribution is 8.01. The summed E-state index contributed by atoms with van der Waals surface area (Å²) in [6.07, 6.45) is -0.872. The van der Waals surface area contributed by atoms with Crippen molar-refractivity contribution in [3.8, 4) is 0 Å². The van der Waals surface area contributed by atoms with Gasteiger partial charge in [0.1, 0.15) is 17.6 Å². The molecule has 0 spiro atoms. The Labute approximate surface area is 218 Å². The summed E-state index contributed by atoms with van der Waals surface area (Å²) in [6, 6.07) is 9.03. The maximum absolute atomic E-state index is 13.3. The van der Waals surface area contributed by atoms with Crippen molar-refractivity contribution in [1.82, 2.24) is 51.0 Å². The number of methoxy groups -OCH3 is 1. The lowest BCUT2D eigenvalue weighted by atomic mass is 9.97. The number of ether oxygens (including phenoxy) is 1. The highest BCUT2D eigenvalue weighted by Crippen LogP contribution is 2.47. The third kappa shape index (κ3) is 4.71. The number of carboxylic acids is 1. The molecular weight excluding hydrogens is 524 g/mol. The smallest absolute Gasteiger partial charge is 0.352 e. The molecule has 0 aliphatic carbocycles. The molecule has 1 amide bonds. The SMILES string of the molecule is CO[C@@]1(NCC(O)c2ccccc2)C(=O)N2C(C(=O)O)=C(CSc3nnnn3Cc3nn[nH]n3)CS[C@H]21. The molecule has 4 heterocycles. The molecule has 1 saturated heterocycles. The van der Waals surface area contributed by atoms with Crippen molar-refractivity contribution >= 4 is 35.4 Å². The number of H-pyrrole nitrogens is 1. The number of thioether (sulfide) groups is 2. The molecule has 0 saturated carbocycles. The third-order valence-electron chi connectivity index (χ3n) is 5.93. The maximum atomic E-state index is 13.3. The van der Waals surface area contributed by atoms with E-state index in [2.05, 4.69) is 41.5 Å². The van der Waals surface area contributed by atoms with Crippen LogP contribution >= 0.6 is 23.5 Å². The van der Waals surface area contributed by atoms with E-state index in [0.29, 0.717) is 27.9 Å². The van der Waals surface area contributed by atoms with Gasteiger partial charge < -0.3 is 14.9 Å². The van der Waals surface area contributed by atoms with Gasteiger partial charge >= 0.3 is 5.97 Å². The fourth-order valence-corrected chi connectivity index (χ4v) is 6.58. The Hall–Kier alpha value is -3.38. The Bertz CT molecular complexity index is 1300. The number of amides is 1. The van der Waals surface area contributed by atoms with Crippen LogP contribution in [-0.4, -0.2) is 104 Å². The molecule has 4 N–H and O–H groups in total. The van der Waals surface area contributed by atoms with E-state index >= 15 is 0 Å². The molecule has 3 atom stereocenters. The van der Waals surface area contributed by atoms with Crippen LogP contribution in [0.15, 0.2) is 46.8 Å². The van der Waals surface area contributed by atoms with Crippen LogP contribution in [0.5, 0.6) is 0 Å². The molecule has 1 aromatic carbocycles. The average Bonchev–Trinajstić information content (AvgIpc) is 3.60. The predicted octanol–water partition coefficient (Wildman–Crippen LogP) is -0.754. The van der Waals surface area contributed by atoms with Crippen molar-refractivity contribution in [2.24, 2.45) is 0 Å². The fraction of sp³-hybridized carbons (Fsp3) is 0.400. The molecule has 2 aliphatic rings. The first-order valence-corrected chi connectivity index (χ1v) is 13.0. The number of benzene rings is 1. The molecule has 37 heavy (non-hydrogen) atoms. The van der Waals surface area contributed by atoms with Crippen molar-refractivity contribution in [1.29, 1.82) is 0 Å². The van der Waals surface area contributed by atoms with E-state index in [9.17, 15) is 19.8 Å². The van der Waals surface area contributed by atoms with Crippen LogP contribution in [0.2, 0.25) is 0 Å². The highest BCUT2D eigenvalue weighted by Gasteiger charge is 2.65. The van der Waals surface area contributed by atoms with Gasteiger partial charge in [0.2, 0.25) is 10.9 Å². The number of carboxylic acid groups (broad SMARTS) is 1. The summed E-state index contributed by atoms with van der Waals surface area (Å²) in [4.78, 5) is 26.8. The number of hydrogen-bond donors (Lipinski definition) is 4. The predicted molar refractivity (Wildman–Crippen MR) is 129 cm³/mol. The molecule has 2 aromatic heterocycles. The van der Waals surface area contributed by atoms with Gasteiger partial charge in [-0.3, -0.25) is 15.0 Å². The van der Waals surface area contributed by atoms with Crippen LogP contribution in [-0.2, 0) is 20.9 Å². The molecule has 3 aromatic rings. The zero-order valence-electron chi connectivity index (χ0n) is 19.4. The minimum Gasteiger partial charge on any atom is -0.477 e. The van der Waals surface area contributed by atoms with Crippen molar-refractivity contribution in [2.45, 2.75) is 28.9 Å². The van der Waals surface area contributed by atoms with Crippen LogP contribution < -0.4 is 5.32 Å². The number of carbonyl (C=O) groups is 2. The van der Waals surface area contributed by atoms with Gasteiger partial charge in [0, 0.05) is 25.2 Å². The first-order valence-electron chi connectivity index (χ1n) is 11.0.